The Morgan fingerprint density at radius 1 is 0.656 bits per heavy atom. The Labute approximate surface area is 344 Å². The topological polar surface area (TPSA) is 381 Å². The summed E-state index contributed by atoms with van der Waals surface area (Å²) in [5, 5.41) is 142. The van der Waals surface area contributed by atoms with Crippen LogP contribution >= 0.6 is 0 Å². The molecule has 0 aliphatic carbocycles. The Morgan fingerprint density at radius 3 is 1.74 bits per heavy atom. The summed E-state index contributed by atoms with van der Waals surface area (Å²) in [4.78, 5) is 34.2. The number of allylic oxidation sites excluding steroid dienone is 1. The van der Waals surface area contributed by atoms with E-state index in [1.54, 1.807) is 0 Å². The molecular formula is C39H44O22. The summed E-state index contributed by atoms with van der Waals surface area (Å²) in [6, 6.07) is 9.83. The number of carbonyl (C=O) groups is 3. The SMILES string of the molecule is O=C(O)CC(=O)OCC(O)C(O)C(O)C(O)COc1cc(O)cc2c1CC(OCC(O)C(O)C(O)C(O)COC(=O)C=Cc1ccc(O)cc1)=C(c1cc(O)c(O)c(O)c1)O2. The lowest BCUT2D eigenvalue weighted by Gasteiger charge is -2.29. The number of hydrogen-bond donors (Lipinski definition) is 14. The van der Waals surface area contributed by atoms with Gasteiger partial charge >= 0.3 is 17.9 Å². The van der Waals surface area contributed by atoms with Crippen LogP contribution in [0.2, 0.25) is 0 Å². The van der Waals surface area contributed by atoms with E-state index < -0.39 is 123 Å². The molecule has 0 saturated heterocycles. The molecule has 3 aromatic carbocycles. The minimum Gasteiger partial charge on any atom is -0.508 e. The van der Waals surface area contributed by atoms with Crippen LogP contribution in [0.25, 0.3) is 11.8 Å². The maximum absolute atomic E-state index is 12.1. The van der Waals surface area contributed by atoms with Crippen LogP contribution in [0, 0.1) is 0 Å². The lowest BCUT2D eigenvalue weighted by Crippen LogP contribution is -2.48. The van der Waals surface area contributed by atoms with E-state index in [1.807, 2.05) is 0 Å². The molecule has 0 radical (unpaired) electrons. The molecule has 4 rings (SSSR count). The Bertz CT molecular complexity index is 2040. The number of esters is 2. The highest BCUT2D eigenvalue weighted by Crippen LogP contribution is 2.45. The number of carboxylic acid groups (broad SMARTS) is 1. The number of aliphatic carboxylic acids is 1. The molecule has 1 heterocycles. The van der Waals surface area contributed by atoms with Crippen molar-refractivity contribution in [3.8, 4) is 40.2 Å². The highest BCUT2D eigenvalue weighted by atomic mass is 16.6. The highest BCUT2D eigenvalue weighted by Gasteiger charge is 2.35. The molecule has 1 aliphatic heterocycles. The van der Waals surface area contributed by atoms with Gasteiger partial charge in [-0.05, 0) is 35.9 Å². The molecule has 0 amide bonds. The molecule has 61 heavy (non-hydrogen) atoms. The predicted molar refractivity (Wildman–Crippen MR) is 202 cm³/mol. The molecule has 8 unspecified atom stereocenters. The summed E-state index contributed by atoms with van der Waals surface area (Å²) < 4.78 is 26.7. The van der Waals surface area contributed by atoms with Gasteiger partial charge in [0, 0.05) is 35.8 Å². The van der Waals surface area contributed by atoms with E-state index in [0.29, 0.717) is 5.56 Å². The van der Waals surface area contributed by atoms with Crippen molar-refractivity contribution in [3.63, 3.8) is 0 Å². The van der Waals surface area contributed by atoms with Crippen LogP contribution in [0.1, 0.15) is 23.1 Å². The van der Waals surface area contributed by atoms with E-state index in [9.17, 15) is 80.8 Å². The van der Waals surface area contributed by atoms with Crippen molar-refractivity contribution in [1.29, 1.82) is 0 Å². The molecule has 1 aliphatic rings. The van der Waals surface area contributed by atoms with Crippen molar-refractivity contribution in [2.24, 2.45) is 0 Å². The van der Waals surface area contributed by atoms with Crippen LogP contribution < -0.4 is 9.47 Å². The smallest absolute Gasteiger partial charge is 0.330 e. The van der Waals surface area contributed by atoms with Gasteiger partial charge in [-0.15, -0.1) is 0 Å². The van der Waals surface area contributed by atoms with Crippen LogP contribution in [0.3, 0.4) is 0 Å². The normalized spacial score (nSPS) is 16.5. The van der Waals surface area contributed by atoms with Gasteiger partial charge in [0.2, 0.25) is 0 Å². The van der Waals surface area contributed by atoms with Crippen LogP contribution in [0.4, 0.5) is 0 Å². The van der Waals surface area contributed by atoms with E-state index >= 15 is 0 Å². The second-order valence-electron chi connectivity index (χ2n) is 13.5. The number of carboxylic acids is 1. The van der Waals surface area contributed by atoms with Crippen molar-refractivity contribution in [2.45, 2.75) is 61.7 Å². The first-order chi connectivity index (χ1) is 28.7. The minimum absolute atomic E-state index is 0.00404. The first-order valence-corrected chi connectivity index (χ1v) is 18.0. The number of aliphatic hydroxyl groups is 8. The second-order valence-corrected chi connectivity index (χ2v) is 13.5. The first kappa shape index (κ1) is 47.3. The summed E-state index contributed by atoms with van der Waals surface area (Å²) >= 11 is 0. The number of hydrogen-bond acceptors (Lipinski definition) is 21. The number of aromatic hydroxyl groups is 5. The maximum Gasteiger partial charge on any atom is 0.330 e. The van der Waals surface area contributed by atoms with Crippen LogP contribution in [-0.2, 0) is 35.0 Å². The van der Waals surface area contributed by atoms with Crippen LogP contribution in [0.5, 0.6) is 40.2 Å². The third-order valence-electron chi connectivity index (χ3n) is 8.81. The monoisotopic (exact) mass is 864 g/mol. The zero-order valence-corrected chi connectivity index (χ0v) is 31.7. The third kappa shape index (κ3) is 13.1. The number of rotatable bonds is 21. The molecule has 22 nitrogen and oxygen atoms in total. The second kappa shape index (κ2) is 21.2. The van der Waals surface area contributed by atoms with Gasteiger partial charge in [0.25, 0.3) is 0 Å². The van der Waals surface area contributed by atoms with Gasteiger partial charge < -0.3 is 95.2 Å². The quantitative estimate of drug-likeness (QED) is 0.0240. The Balaban J connectivity index is 1.46. The lowest BCUT2D eigenvalue weighted by atomic mass is 10.0. The van der Waals surface area contributed by atoms with Crippen molar-refractivity contribution in [2.75, 3.05) is 26.4 Å². The van der Waals surface area contributed by atoms with E-state index in [-0.39, 0.29) is 46.3 Å². The van der Waals surface area contributed by atoms with E-state index in [1.165, 1.54) is 30.3 Å². The zero-order valence-electron chi connectivity index (χ0n) is 31.7. The first-order valence-electron chi connectivity index (χ1n) is 18.0. The van der Waals surface area contributed by atoms with Crippen LogP contribution in [-0.4, -0.2) is 165 Å². The Kier molecular flexibility index (Phi) is 16.5. The van der Waals surface area contributed by atoms with Crippen molar-refractivity contribution in [1.82, 2.24) is 0 Å². The van der Waals surface area contributed by atoms with E-state index in [4.69, 9.17) is 24.1 Å². The van der Waals surface area contributed by atoms with Gasteiger partial charge in [-0.1, -0.05) is 12.1 Å². The maximum atomic E-state index is 12.1. The number of phenolic OH excluding ortho intramolecular Hbond substituents is 5. The highest BCUT2D eigenvalue weighted by molar-refractivity contribution is 5.90. The van der Waals surface area contributed by atoms with Gasteiger partial charge in [-0.2, -0.15) is 0 Å². The average Bonchev–Trinajstić information content (AvgIpc) is 3.22. The fourth-order valence-corrected chi connectivity index (χ4v) is 5.46. The number of ether oxygens (including phenoxy) is 5. The summed E-state index contributed by atoms with van der Waals surface area (Å²) in [5.41, 5.74) is 0.457. The number of aliphatic hydroxyl groups excluding tert-OH is 8. The number of fused-ring (bicyclic) bond motifs is 1. The Hall–Kier alpha value is -6.37. The number of benzene rings is 3. The van der Waals surface area contributed by atoms with Gasteiger partial charge in [0.1, 0.15) is 110 Å². The lowest BCUT2D eigenvalue weighted by molar-refractivity contribution is -0.159. The predicted octanol–water partition coefficient (Wildman–Crippen LogP) is -1.92. The molecule has 3 aromatic rings. The largest absolute Gasteiger partial charge is 0.508 e. The van der Waals surface area contributed by atoms with Gasteiger partial charge in [0.15, 0.2) is 23.0 Å². The molecular weight excluding hydrogens is 820 g/mol. The molecule has 332 valence electrons. The summed E-state index contributed by atoms with van der Waals surface area (Å²) in [7, 11) is 0. The van der Waals surface area contributed by atoms with Crippen molar-refractivity contribution >= 4 is 29.7 Å². The molecule has 0 aromatic heterocycles. The fraction of sp³-hybridized carbons (Fsp3) is 0.359. The molecule has 8 atom stereocenters. The fourth-order valence-electron chi connectivity index (χ4n) is 5.46. The molecule has 0 saturated carbocycles. The number of carbonyl (C=O) groups excluding carboxylic acids is 2. The van der Waals surface area contributed by atoms with Gasteiger partial charge in [0.05, 0.1) is 0 Å². The van der Waals surface area contributed by atoms with Gasteiger partial charge in [-0.25, -0.2) is 4.79 Å². The molecule has 22 heteroatoms. The summed E-state index contributed by atoms with van der Waals surface area (Å²) in [5.74, 6) is -7.59. The standard InChI is InChI=1S/C39H44O22/c40-19-4-1-17(2-5-19)3-6-32(50)59-15-26(46)37(55)36(54)25(45)14-58-30-11-21-28(57-13-24(44)35(53)38(56)27(47)16-60-33(51)12-31(48)49)9-20(41)10-29(21)61-39(30)18-7-22(42)34(52)23(43)8-18/h1-10,24-27,35-38,40-47,52-56H,11-16H2,(H,48,49). The molecule has 0 spiro atoms. The minimum atomic E-state index is -2.14. The Morgan fingerprint density at radius 2 is 1.18 bits per heavy atom. The molecule has 0 fully saturated rings. The van der Waals surface area contributed by atoms with Crippen LogP contribution in [0.15, 0.2) is 60.4 Å². The average molecular weight is 865 g/mol. The van der Waals surface area contributed by atoms with E-state index in [2.05, 4.69) is 4.74 Å². The number of phenols is 5. The third-order valence-corrected chi connectivity index (χ3v) is 8.81. The van der Waals surface area contributed by atoms with E-state index in [0.717, 1.165) is 30.3 Å². The summed E-state index contributed by atoms with van der Waals surface area (Å²) in [6.07, 6.45) is -15.4. The van der Waals surface area contributed by atoms with Crippen molar-refractivity contribution < 1.29 is 110 Å². The zero-order chi connectivity index (χ0) is 45.1. The molecule has 0 bridgehead atoms. The summed E-state index contributed by atoms with van der Waals surface area (Å²) in [6.45, 7) is -3.44. The molecule has 14 N–H and O–H groups in total. The van der Waals surface area contributed by atoms with Gasteiger partial charge in [-0.3, -0.25) is 9.59 Å². The van der Waals surface area contributed by atoms with Crippen molar-refractivity contribution in [3.05, 3.63) is 77.1 Å².